The van der Waals surface area contributed by atoms with Gasteiger partial charge in [-0.05, 0) is 40.8 Å². The second kappa shape index (κ2) is 5.34. The molecule has 0 spiro atoms. The van der Waals surface area contributed by atoms with Gasteiger partial charge in [0.05, 0.1) is 0 Å². The maximum absolute atomic E-state index is 3.74. The molecule has 1 heteroatoms. The second-order valence-electron chi connectivity index (χ2n) is 5.08. The Morgan fingerprint density at radius 2 is 1.89 bits per heavy atom. The Bertz CT molecular complexity index is 611. The van der Waals surface area contributed by atoms with Crippen molar-refractivity contribution in [3.8, 4) is 11.1 Å². The molecule has 2 aromatic carbocycles. The van der Waals surface area contributed by atoms with Crippen molar-refractivity contribution in [2.24, 2.45) is 0 Å². The van der Waals surface area contributed by atoms with Crippen LogP contribution in [0.25, 0.3) is 17.2 Å². The lowest BCUT2D eigenvalue weighted by Crippen LogP contribution is -1.94. The number of benzene rings is 2. The molecule has 1 aliphatic rings. The fourth-order valence-corrected chi connectivity index (χ4v) is 3.39. The average molecular weight is 313 g/mol. The molecule has 0 saturated carbocycles. The Labute approximate surface area is 123 Å². The Hall–Kier alpha value is -1.34. The molecule has 19 heavy (non-hydrogen) atoms. The van der Waals surface area contributed by atoms with E-state index in [0.717, 1.165) is 0 Å². The molecule has 1 atom stereocenters. The van der Waals surface area contributed by atoms with Gasteiger partial charge in [-0.25, -0.2) is 0 Å². The zero-order valence-corrected chi connectivity index (χ0v) is 12.7. The summed E-state index contributed by atoms with van der Waals surface area (Å²) in [5.74, 6) is 0.598. The number of rotatable bonds is 3. The van der Waals surface area contributed by atoms with Crippen LogP contribution in [-0.4, -0.2) is 0 Å². The van der Waals surface area contributed by atoms with Crippen LogP contribution >= 0.6 is 15.9 Å². The van der Waals surface area contributed by atoms with Crippen LogP contribution < -0.4 is 0 Å². The maximum Gasteiger partial charge on any atom is 0.0257 e. The molecule has 0 nitrogen and oxygen atoms in total. The van der Waals surface area contributed by atoms with Crippen molar-refractivity contribution in [2.45, 2.75) is 25.7 Å². The van der Waals surface area contributed by atoms with Crippen molar-refractivity contribution in [1.29, 1.82) is 0 Å². The zero-order chi connectivity index (χ0) is 13.2. The van der Waals surface area contributed by atoms with E-state index in [1.165, 1.54) is 39.6 Å². The van der Waals surface area contributed by atoms with Crippen LogP contribution in [0.1, 0.15) is 36.8 Å². The van der Waals surface area contributed by atoms with Crippen LogP contribution in [0.15, 0.2) is 53.0 Å². The predicted molar refractivity (Wildman–Crippen MR) is 86.3 cm³/mol. The highest BCUT2D eigenvalue weighted by atomic mass is 79.9. The van der Waals surface area contributed by atoms with E-state index in [1.54, 1.807) is 0 Å². The molecule has 0 saturated heterocycles. The fraction of sp³-hybridized carbons (Fsp3) is 0.222. The Balaban J connectivity index is 2.05. The zero-order valence-electron chi connectivity index (χ0n) is 11.1. The van der Waals surface area contributed by atoms with Gasteiger partial charge in [0.1, 0.15) is 0 Å². The fourth-order valence-electron chi connectivity index (χ4n) is 2.80. The molecule has 0 amide bonds. The predicted octanol–water partition coefficient (Wildman–Crippen LogP) is 6.03. The lowest BCUT2D eigenvalue weighted by molar-refractivity contribution is 0.725. The van der Waals surface area contributed by atoms with Gasteiger partial charge in [0.15, 0.2) is 0 Å². The summed E-state index contributed by atoms with van der Waals surface area (Å²) in [5, 5.41) is 0. The van der Waals surface area contributed by atoms with E-state index in [-0.39, 0.29) is 0 Å². The molecule has 0 aromatic heterocycles. The quantitative estimate of drug-likeness (QED) is 0.649. The number of halogens is 1. The third kappa shape index (κ3) is 2.40. The van der Waals surface area contributed by atoms with Gasteiger partial charge in [0, 0.05) is 10.4 Å². The molecule has 3 rings (SSSR count). The van der Waals surface area contributed by atoms with Crippen LogP contribution in [0.5, 0.6) is 0 Å². The second-order valence-corrected chi connectivity index (χ2v) is 5.94. The molecule has 1 aliphatic carbocycles. The smallest absolute Gasteiger partial charge is 0.0257 e. The minimum Gasteiger partial charge on any atom is -0.0764 e. The van der Waals surface area contributed by atoms with Gasteiger partial charge in [0.25, 0.3) is 0 Å². The molecule has 2 aromatic rings. The summed E-state index contributed by atoms with van der Waals surface area (Å²) >= 11 is 3.74. The van der Waals surface area contributed by atoms with Crippen molar-refractivity contribution in [3.05, 3.63) is 64.1 Å². The first kappa shape index (κ1) is 12.7. The average Bonchev–Trinajstić information content (AvgIpc) is 2.82. The van der Waals surface area contributed by atoms with Crippen molar-refractivity contribution < 1.29 is 0 Å². The largest absolute Gasteiger partial charge is 0.0764 e. The monoisotopic (exact) mass is 312 g/mol. The maximum atomic E-state index is 3.74. The number of allylic oxidation sites excluding steroid dienone is 1. The van der Waals surface area contributed by atoms with Crippen LogP contribution in [0.3, 0.4) is 0 Å². The van der Waals surface area contributed by atoms with Crippen LogP contribution in [0.2, 0.25) is 0 Å². The van der Waals surface area contributed by atoms with Crippen LogP contribution in [0, 0.1) is 0 Å². The van der Waals surface area contributed by atoms with E-state index in [4.69, 9.17) is 0 Å². The first-order chi connectivity index (χ1) is 9.29. The molecular formula is C18H17Br. The molecule has 0 fully saturated rings. The summed E-state index contributed by atoms with van der Waals surface area (Å²) in [6.07, 6.45) is 7.08. The van der Waals surface area contributed by atoms with Crippen molar-refractivity contribution in [2.75, 3.05) is 0 Å². The van der Waals surface area contributed by atoms with E-state index in [1.807, 2.05) is 0 Å². The summed E-state index contributed by atoms with van der Waals surface area (Å²) in [6.45, 7) is 2.25. The highest BCUT2D eigenvalue weighted by Gasteiger charge is 2.18. The first-order valence-electron chi connectivity index (χ1n) is 6.86. The Kier molecular flexibility index (Phi) is 3.56. The highest BCUT2D eigenvalue weighted by Crippen LogP contribution is 2.39. The van der Waals surface area contributed by atoms with Gasteiger partial charge in [-0.15, -0.1) is 0 Å². The van der Waals surface area contributed by atoms with Crippen molar-refractivity contribution in [3.63, 3.8) is 0 Å². The Morgan fingerprint density at radius 1 is 1.11 bits per heavy atom. The van der Waals surface area contributed by atoms with Crippen molar-refractivity contribution in [1.82, 2.24) is 0 Å². The number of fused-ring (bicyclic) bond motifs is 1. The Morgan fingerprint density at radius 3 is 2.63 bits per heavy atom. The van der Waals surface area contributed by atoms with Gasteiger partial charge < -0.3 is 0 Å². The molecule has 0 bridgehead atoms. The van der Waals surface area contributed by atoms with Gasteiger partial charge in [-0.1, -0.05) is 71.8 Å². The molecular weight excluding hydrogens is 296 g/mol. The van der Waals surface area contributed by atoms with E-state index in [2.05, 4.69) is 77.5 Å². The van der Waals surface area contributed by atoms with Gasteiger partial charge in [0.2, 0.25) is 0 Å². The standard InChI is InChI=1S/C18H17Br/c1-2-6-13-9-10-15-11-17(18(19)12-16(13)15)14-7-4-3-5-8-14/h3-5,7-13H,2,6H2,1H3. The minimum atomic E-state index is 0.598. The molecule has 0 N–H and O–H groups in total. The number of hydrogen-bond acceptors (Lipinski definition) is 0. The van der Waals surface area contributed by atoms with E-state index in [0.29, 0.717) is 5.92 Å². The molecule has 0 aliphatic heterocycles. The van der Waals surface area contributed by atoms with E-state index in [9.17, 15) is 0 Å². The highest BCUT2D eigenvalue weighted by molar-refractivity contribution is 9.10. The normalized spacial score (nSPS) is 16.6. The molecule has 0 radical (unpaired) electrons. The van der Waals surface area contributed by atoms with Gasteiger partial charge in [-0.2, -0.15) is 0 Å². The van der Waals surface area contributed by atoms with Crippen molar-refractivity contribution >= 4 is 22.0 Å². The van der Waals surface area contributed by atoms with Gasteiger partial charge in [-0.3, -0.25) is 0 Å². The summed E-state index contributed by atoms with van der Waals surface area (Å²) < 4.78 is 1.20. The lowest BCUT2D eigenvalue weighted by Gasteiger charge is -2.13. The minimum absolute atomic E-state index is 0.598. The van der Waals surface area contributed by atoms with E-state index < -0.39 is 0 Å². The lowest BCUT2D eigenvalue weighted by atomic mass is 9.94. The summed E-state index contributed by atoms with van der Waals surface area (Å²) in [4.78, 5) is 0. The molecule has 1 unspecified atom stereocenters. The summed E-state index contributed by atoms with van der Waals surface area (Å²) in [5.41, 5.74) is 5.39. The first-order valence-corrected chi connectivity index (χ1v) is 7.66. The molecule has 96 valence electrons. The topological polar surface area (TPSA) is 0 Å². The molecule has 0 heterocycles. The van der Waals surface area contributed by atoms with E-state index >= 15 is 0 Å². The van der Waals surface area contributed by atoms with Crippen LogP contribution in [-0.2, 0) is 0 Å². The summed E-state index contributed by atoms with van der Waals surface area (Å²) in [6, 6.07) is 15.2. The van der Waals surface area contributed by atoms with Crippen LogP contribution in [0.4, 0.5) is 0 Å². The third-order valence-corrected chi connectivity index (χ3v) is 4.42. The number of hydrogen-bond donors (Lipinski definition) is 0. The third-order valence-electron chi connectivity index (χ3n) is 3.76. The SMILES string of the molecule is CCCC1C=Cc2cc(-c3ccccc3)c(Br)cc21. The van der Waals surface area contributed by atoms with Gasteiger partial charge >= 0.3 is 0 Å². The summed E-state index contributed by atoms with van der Waals surface area (Å²) in [7, 11) is 0.